The van der Waals surface area contributed by atoms with E-state index in [0.29, 0.717) is 10.9 Å². The highest BCUT2D eigenvalue weighted by atomic mass is 35.5. The number of rotatable bonds is 4. The number of nitrogens with zero attached hydrogens (tertiary/aromatic N) is 4. The Bertz CT molecular complexity index is 567. The van der Waals surface area contributed by atoms with E-state index < -0.39 is 0 Å². The molecule has 1 aromatic heterocycles. The van der Waals surface area contributed by atoms with Gasteiger partial charge in [0, 0.05) is 24.7 Å². The summed E-state index contributed by atoms with van der Waals surface area (Å²) in [6.07, 6.45) is 5.76. The first-order chi connectivity index (χ1) is 10.2. The molecule has 1 saturated heterocycles. The van der Waals surface area contributed by atoms with Crippen LogP contribution in [0.15, 0.2) is 30.9 Å². The van der Waals surface area contributed by atoms with Crippen molar-refractivity contribution in [3.05, 3.63) is 41.4 Å². The van der Waals surface area contributed by atoms with Crippen molar-refractivity contribution < 1.29 is 5.11 Å². The van der Waals surface area contributed by atoms with Gasteiger partial charge in [-0.1, -0.05) is 11.6 Å². The van der Waals surface area contributed by atoms with Crippen molar-refractivity contribution >= 4 is 11.6 Å². The summed E-state index contributed by atoms with van der Waals surface area (Å²) < 4.78 is 1.90. The Labute approximate surface area is 129 Å². The number of hydrogen-bond acceptors (Lipinski definition) is 4. The summed E-state index contributed by atoms with van der Waals surface area (Å²) in [5.41, 5.74) is 1.06. The first-order valence-corrected chi connectivity index (χ1v) is 7.60. The van der Waals surface area contributed by atoms with Gasteiger partial charge in [-0.2, -0.15) is 5.10 Å². The van der Waals surface area contributed by atoms with E-state index in [1.54, 1.807) is 24.8 Å². The fourth-order valence-corrected chi connectivity index (χ4v) is 3.27. The van der Waals surface area contributed by atoms with Crippen LogP contribution in [-0.2, 0) is 13.1 Å². The lowest BCUT2D eigenvalue weighted by Gasteiger charge is -2.32. The number of halogens is 1. The SMILES string of the molecule is Oc1cc(Cl)cc(CN2CCCC(Cn3cncn3)C2)c1. The Balaban J connectivity index is 1.60. The van der Waals surface area contributed by atoms with Gasteiger partial charge in [-0.3, -0.25) is 9.58 Å². The van der Waals surface area contributed by atoms with Gasteiger partial charge in [0.15, 0.2) is 0 Å². The fourth-order valence-electron chi connectivity index (χ4n) is 3.02. The smallest absolute Gasteiger partial charge is 0.137 e. The molecule has 1 aromatic carbocycles. The molecule has 112 valence electrons. The first-order valence-electron chi connectivity index (χ1n) is 7.22. The number of likely N-dealkylation sites (tertiary alicyclic amines) is 1. The molecule has 0 amide bonds. The number of benzene rings is 1. The minimum atomic E-state index is 0.230. The first kappa shape index (κ1) is 14.4. The third-order valence-corrected chi connectivity index (χ3v) is 4.08. The van der Waals surface area contributed by atoms with Crippen LogP contribution in [0.4, 0.5) is 0 Å². The van der Waals surface area contributed by atoms with Gasteiger partial charge in [-0.15, -0.1) is 0 Å². The normalized spacial score (nSPS) is 19.8. The molecule has 1 fully saturated rings. The van der Waals surface area contributed by atoms with Gasteiger partial charge in [-0.05, 0) is 49.1 Å². The number of phenols is 1. The summed E-state index contributed by atoms with van der Waals surface area (Å²) in [5.74, 6) is 0.821. The molecule has 6 heteroatoms. The molecule has 21 heavy (non-hydrogen) atoms. The van der Waals surface area contributed by atoms with Gasteiger partial charge in [0.25, 0.3) is 0 Å². The second-order valence-electron chi connectivity index (χ2n) is 5.68. The predicted octanol–water partition coefficient (Wildman–Crippen LogP) is 2.55. The van der Waals surface area contributed by atoms with E-state index >= 15 is 0 Å². The average molecular weight is 307 g/mol. The van der Waals surface area contributed by atoms with Crippen molar-refractivity contribution in [2.45, 2.75) is 25.9 Å². The lowest BCUT2D eigenvalue weighted by atomic mass is 9.97. The molecule has 0 bridgehead atoms. The van der Waals surface area contributed by atoms with E-state index in [4.69, 9.17) is 11.6 Å². The molecule has 1 unspecified atom stereocenters. The van der Waals surface area contributed by atoms with E-state index in [1.165, 1.54) is 12.8 Å². The van der Waals surface area contributed by atoms with Crippen molar-refractivity contribution in [2.75, 3.05) is 13.1 Å². The van der Waals surface area contributed by atoms with Crippen LogP contribution in [0.25, 0.3) is 0 Å². The van der Waals surface area contributed by atoms with Gasteiger partial charge < -0.3 is 5.11 Å². The molecule has 1 atom stereocenters. The van der Waals surface area contributed by atoms with E-state index in [9.17, 15) is 5.11 Å². The second kappa shape index (κ2) is 6.45. The third kappa shape index (κ3) is 3.95. The summed E-state index contributed by atoms with van der Waals surface area (Å²) in [7, 11) is 0. The van der Waals surface area contributed by atoms with E-state index in [-0.39, 0.29) is 5.75 Å². The molecule has 1 aliphatic heterocycles. The summed E-state index contributed by atoms with van der Waals surface area (Å²) in [5, 5.41) is 14.4. The minimum absolute atomic E-state index is 0.230. The van der Waals surface area contributed by atoms with Gasteiger partial charge in [0.05, 0.1) is 0 Å². The quantitative estimate of drug-likeness (QED) is 0.943. The van der Waals surface area contributed by atoms with Crippen LogP contribution in [0.3, 0.4) is 0 Å². The van der Waals surface area contributed by atoms with Crippen LogP contribution in [0.1, 0.15) is 18.4 Å². The highest BCUT2D eigenvalue weighted by Gasteiger charge is 2.20. The van der Waals surface area contributed by atoms with Gasteiger partial charge >= 0.3 is 0 Å². The largest absolute Gasteiger partial charge is 0.508 e. The van der Waals surface area contributed by atoms with Crippen molar-refractivity contribution in [1.82, 2.24) is 19.7 Å². The Kier molecular flexibility index (Phi) is 4.41. The van der Waals surface area contributed by atoms with Crippen LogP contribution in [0.2, 0.25) is 5.02 Å². The molecule has 5 nitrogen and oxygen atoms in total. The van der Waals surface area contributed by atoms with E-state index in [2.05, 4.69) is 15.0 Å². The Morgan fingerprint density at radius 2 is 2.24 bits per heavy atom. The van der Waals surface area contributed by atoms with Crippen molar-refractivity contribution in [3.63, 3.8) is 0 Å². The molecule has 0 aliphatic carbocycles. The topological polar surface area (TPSA) is 54.2 Å². The number of aromatic hydroxyl groups is 1. The fraction of sp³-hybridized carbons (Fsp3) is 0.467. The standard InChI is InChI=1S/C15H19ClN4O/c16-14-4-13(5-15(21)6-14)8-19-3-1-2-12(7-19)9-20-11-17-10-18-20/h4-6,10-12,21H,1-3,7-9H2. The molecule has 3 rings (SSSR count). The second-order valence-corrected chi connectivity index (χ2v) is 6.12. The van der Waals surface area contributed by atoms with Crippen LogP contribution in [0.5, 0.6) is 5.75 Å². The van der Waals surface area contributed by atoms with E-state index in [0.717, 1.165) is 31.7 Å². The Morgan fingerprint density at radius 1 is 1.33 bits per heavy atom. The molecular weight excluding hydrogens is 288 g/mol. The number of phenolic OH excluding ortho intramolecular Hbond substituents is 1. The Hall–Kier alpha value is -1.59. The minimum Gasteiger partial charge on any atom is -0.508 e. The molecule has 0 radical (unpaired) electrons. The van der Waals surface area contributed by atoms with Crippen LogP contribution >= 0.6 is 11.6 Å². The van der Waals surface area contributed by atoms with Gasteiger partial charge in [0.1, 0.15) is 18.4 Å². The zero-order chi connectivity index (χ0) is 14.7. The monoisotopic (exact) mass is 306 g/mol. The molecule has 2 heterocycles. The van der Waals surface area contributed by atoms with Crippen molar-refractivity contribution in [2.24, 2.45) is 5.92 Å². The third-order valence-electron chi connectivity index (χ3n) is 3.86. The summed E-state index contributed by atoms with van der Waals surface area (Å²) in [4.78, 5) is 6.40. The van der Waals surface area contributed by atoms with Gasteiger partial charge in [0.2, 0.25) is 0 Å². The Morgan fingerprint density at radius 3 is 3.00 bits per heavy atom. The van der Waals surface area contributed by atoms with Gasteiger partial charge in [-0.25, -0.2) is 4.98 Å². The van der Waals surface area contributed by atoms with Crippen LogP contribution in [-0.4, -0.2) is 37.9 Å². The lowest BCUT2D eigenvalue weighted by Crippen LogP contribution is -2.36. The molecular formula is C15H19ClN4O. The number of aromatic nitrogens is 3. The average Bonchev–Trinajstić information content (AvgIpc) is 2.90. The molecule has 0 spiro atoms. The highest BCUT2D eigenvalue weighted by Crippen LogP contribution is 2.24. The molecule has 2 aromatic rings. The zero-order valence-electron chi connectivity index (χ0n) is 11.8. The van der Waals surface area contributed by atoms with Crippen LogP contribution in [0, 0.1) is 5.92 Å². The summed E-state index contributed by atoms with van der Waals surface area (Å²) in [6, 6.07) is 5.27. The maximum absolute atomic E-state index is 9.63. The molecule has 0 saturated carbocycles. The number of hydrogen-bond donors (Lipinski definition) is 1. The summed E-state index contributed by atoms with van der Waals surface area (Å²) >= 11 is 5.99. The van der Waals surface area contributed by atoms with Crippen molar-refractivity contribution in [1.29, 1.82) is 0 Å². The van der Waals surface area contributed by atoms with Crippen molar-refractivity contribution in [3.8, 4) is 5.75 Å². The van der Waals surface area contributed by atoms with E-state index in [1.807, 2.05) is 10.7 Å². The molecule has 1 N–H and O–H groups in total. The van der Waals surface area contributed by atoms with Crippen LogP contribution < -0.4 is 0 Å². The summed E-state index contributed by atoms with van der Waals surface area (Å²) in [6.45, 7) is 3.85. The lowest BCUT2D eigenvalue weighted by molar-refractivity contribution is 0.153. The highest BCUT2D eigenvalue weighted by molar-refractivity contribution is 6.30. The zero-order valence-corrected chi connectivity index (χ0v) is 12.6. The maximum atomic E-state index is 9.63. The predicted molar refractivity (Wildman–Crippen MR) is 81.1 cm³/mol. The number of piperidine rings is 1. The molecule has 1 aliphatic rings. The maximum Gasteiger partial charge on any atom is 0.137 e.